The minimum absolute atomic E-state index is 0.225. The molecule has 0 radical (unpaired) electrons. The lowest BCUT2D eigenvalue weighted by Crippen LogP contribution is -2.15. The zero-order valence-electron chi connectivity index (χ0n) is 12.5. The van der Waals surface area contributed by atoms with Gasteiger partial charge in [-0.1, -0.05) is 30.3 Å². The molecule has 1 heterocycles. The Bertz CT molecular complexity index is 546. The molecule has 4 nitrogen and oxygen atoms in total. The van der Waals surface area contributed by atoms with Crippen molar-refractivity contribution in [3.63, 3.8) is 0 Å². The van der Waals surface area contributed by atoms with E-state index in [0.29, 0.717) is 5.82 Å². The molecule has 2 rings (SSSR count). The number of methoxy groups -OCH3 is 1. The fourth-order valence-electron chi connectivity index (χ4n) is 2.33. The number of rotatable bonds is 5. The molecule has 0 saturated carbocycles. The quantitative estimate of drug-likeness (QED) is 0.908. The Balaban J connectivity index is 2.41. The zero-order chi connectivity index (χ0) is 14.5. The van der Waals surface area contributed by atoms with Crippen LogP contribution >= 0.6 is 0 Å². The van der Waals surface area contributed by atoms with Crippen LogP contribution < -0.4 is 5.32 Å². The molecule has 1 atom stereocenters. The Hall–Kier alpha value is -1.78. The van der Waals surface area contributed by atoms with Crippen LogP contribution in [0.2, 0.25) is 0 Å². The van der Waals surface area contributed by atoms with E-state index in [1.54, 1.807) is 7.11 Å². The van der Waals surface area contributed by atoms with Gasteiger partial charge in [-0.3, -0.25) is 0 Å². The highest BCUT2D eigenvalue weighted by molar-refractivity contribution is 5.28. The number of nitrogens with one attached hydrogen (secondary N) is 1. The maximum atomic E-state index is 5.59. The summed E-state index contributed by atoms with van der Waals surface area (Å²) in [7, 11) is 3.61. The summed E-state index contributed by atoms with van der Waals surface area (Å²) in [5.41, 5.74) is 4.22. The molecule has 0 spiro atoms. The largest absolute Gasteiger partial charge is 0.369 e. The second-order valence-corrected chi connectivity index (χ2v) is 4.79. The van der Waals surface area contributed by atoms with E-state index in [2.05, 4.69) is 15.3 Å². The van der Waals surface area contributed by atoms with Gasteiger partial charge in [-0.15, -0.1) is 0 Å². The average Bonchev–Trinajstić information content (AvgIpc) is 2.45. The van der Waals surface area contributed by atoms with Gasteiger partial charge in [0.25, 0.3) is 0 Å². The number of nitrogens with zero attached hydrogens (tertiary/aromatic N) is 2. The SMILES string of the molecule is CNCc1c(C)nc(C(OC)c2ccccc2)nc1C. The van der Waals surface area contributed by atoms with E-state index in [9.17, 15) is 0 Å². The van der Waals surface area contributed by atoms with Crippen molar-refractivity contribution >= 4 is 0 Å². The van der Waals surface area contributed by atoms with Crippen LogP contribution in [0.15, 0.2) is 30.3 Å². The molecular weight excluding hydrogens is 250 g/mol. The maximum absolute atomic E-state index is 5.59. The van der Waals surface area contributed by atoms with Crippen LogP contribution in [-0.4, -0.2) is 24.1 Å². The van der Waals surface area contributed by atoms with Gasteiger partial charge in [-0.2, -0.15) is 0 Å². The molecule has 1 unspecified atom stereocenters. The summed E-state index contributed by atoms with van der Waals surface area (Å²) in [6.07, 6.45) is -0.225. The first-order chi connectivity index (χ1) is 9.67. The normalized spacial score (nSPS) is 12.4. The Labute approximate surface area is 120 Å². The van der Waals surface area contributed by atoms with Crippen molar-refractivity contribution in [2.45, 2.75) is 26.5 Å². The van der Waals surface area contributed by atoms with E-state index in [4.69, 9.17) is 4.74 Å². The summed E-state index contributed by atoms with van der Waals surface area (Å²) in [5, 5.41) is 3.15. The van der Waals surface area contributed by atoms with Crippen LogP contribution in [0.4, 0.5) is 0 Å². The van der Waals surface area contributed by atoms with E-state index >= 15 is 0 Å². The number of hydrogen-bond acceptors (Lipinski definition) is 4. The van der Waals surface area contributed by atoms with Gasteiger partial charge < -0.3 is 10.1 Å². The van der Waals surface area contributed by atoms with E-state index in [1.165, 1.54) is 0 Å². The zero-order valence-corrected chi connectivity index (χ0v) is 12.5. The number of benzene rings is 1. The van der Waals surface area contributed by atoms with Crippen molar-refractivity contribution in [1.82, 2.24) is 15.3 Å². The van der Waals surface area contributed by atoms with Crippen LogP contribution in [0, 0.1) is 13.8 Å². The predicted molar refractivity (Wildman–Crippen MR) is 79.6 cm³/mol. The van der Waals surface area contributed by atoms with Crippen molar-refractivity contribution in [3.8, 4) is 0 Å². The highest BCUT2D eigenvalue weighted by Crippen LogP contribution is 2.23. The molecule has 2 aromatic rings. The number of aromatic nitrogens is 2. The molecule has 0 fully saturated rings. The Morgan fingerprint density at radius 2 is 1.70 bits per heavy atom. The molecule has 0 aliphatic heterocycles. The van der Waals surface area contributed by atoms with Gasteiger partial charge >= 0.3 is 0 Å². The monoisotopic (exact) mass is 271 g/mol. The minimum Gasteiger partial charge on any atom is -0.369 e. The molecule has 1 aromatic carbocycles. The number of hydrogen-bond donors (Lipinski definition) is 1. The second kappa shape index (κ2) is 6.59. The van der Waals surface area contributed by atoms with Gasteiger partial charge in [0.05, 0.1) is 0 Å². The molecule has 4 heteroatoms. The average molecular weight is 271 g/mol. The molecule has 106 valence electrons. The molecule has 20 heavy (non-hydrogen) atoms. The molecule has 0 amide bonds. The first kappa shape index (κ1) is 14.6. The summed E-state index contributed by atoms with van der Waals surface area (Å²) in [4.78, 5) is 9.25. The molecular formula is C16H21N3O. The summed E-state index contributed by atoms with van der Waals surface area (Å²) < 4.78 is 5.59. The van der Waals surface area contributed by atoms with Crippen LogP contribution in [0.25, 0.3) is 0 Å². The lowest BCUT2D eigenvalue weighted by Gasteiger charge is -2.17. The topological polar surface area (TPSA) is 47.0 Å². The van der Waals surface area contributed by atoms with Gasteiger partial charge in [-0.05, 0) is 26.5 Å². The number of ether oxygens (including phenoxy) is 1. The minimum atomic E-state index is -0.225. The first-order valence-corrected chi connectivity index (χ1v) is 6.73. The Morgan fingerprint density at radius 3 is 2.20 bits per heavy atom. The van der Waals surface area contributed by atoms with Gasteiger partial charge in [-0.25, -0.2) is 9.97 Å². The smallest absolute Gasteiger partial charge is 0.162 e. The molecule has 0 bridgehead atoms. The van der Waals surface area contributed by atoms with Crippen molar-refractivity contribution < 1.29 is 4.74 Å². The summed E-state index contributed by atoms with van der Waals surface area (Å²) in [6, 6.07) is 10.0. The summed E-state index contributed by atoms with van der Waals surface area (Å²) in [5.74, 6) is 0.716. The molecule has 1 N–H and O–H groups in total. The third-order valence-corrected chi connectivity index (χ3v) is 3.36. The Morgan fingerprint density at radius 1 is 1.10 bits per heavy atom. The fourth-order valence-corrected chi connectivity index (χ4v) is 2.33. The molecule has 1 aromatic heterocycles. The Kier molecular flexibility index (Phi) is 4.82. The highest BCUT2D eigenvalue weighted by atomic mass is 16.5. The lowest BCUT2D eigenvalue weighted by molar-refractivity contribution is 0.128. The van der Waals surface area contributed by atoms with Gasteiger partial charge in [0.15, 0.2) is 5.82 Å². The van der Waals surface area contributed by atoms with Gasteiger partial charge in [0, 0.05) is 30.6 Å². The molecule has 0 aliphatic rings. The van der Waals surface area contributed by atoms with Crippen molar-refractivity contribution in [1.29, 1.82) is 0 Å². The van der Waals surface area contributed by atoms with E-state index < -0.39 is 0 Å². The van der Waals surface area contributed by atoms with Crippen molar-refractivity contribution in [3.05, 3.63) is 58.7 Å². The third-order valence-electron chi connectivity index (χ3n) is 3.36. The van der Waals surface area contributed by atoms with Crippen LogP contribution in [-0.2, 0) is 11.3 Å². The second-order valence-electron chi connectivity index (χ2n) is 4.79. The summed E-state index contributed by atoms with van der Waals surface area (Å²) >= 11 is 0. The van der Waals surface area contributed by atoms with Crippen molar-refractivity contribution in [2.75, 3.05) is 14.2 Å². The van der Waals surface area contributed by atoms with Crippen molar-refractivity contribution in [2.24, 2.45) is 0 Å². The van der Waals surface area contributed by atoms with E-state index in [-0.39, 0.29) is 6.10 Å². The first-order valence-electron chi connectivity index (χ1n) is 6.73. The lowest BCUT2D eigenvalue weighted by atomic mass is 10.1. The molecule has 0 saturated heterocycles. The summed E-state index contributed by atoms with van der Waals surface area (Å²) in [6.45, 7) is 4.81. The maximum Gasteiger partial charge on any atom is 0.162 e. The van der Waals surface area contributed by atoms with Crippen LogP contribution in [0.3, 0.4) is 0 Å². The molecule has 0 aliphatic carbocycles. The predicted octanol–water partition coefficient (Wildman–Crippen LogP) is 2.55. The standard InChI is InChI=1S/C16H21N3O/c1-11-14(10-17-3)12(2)19-16(18-11)15(20-4)13-8-6-5-7-9-13/h5-9,15,17H,10H2,1-4H3. The van der Waals surface area contributed by atoms with Gasteiger partial charge in [0.2, 0.25) is 0 Å². The number of aryl methyl sites for hydroxylation is 2. The van der Waals surface area contributed by atoms with Crippen LogP contribution in [0.5, 0.6) is 0 Å². The highest BCUT2D eigenvalue weighted by Gasteiger charge is 2.18. The van der Waals surface area contributed by atoms with Crippen LogP contribution in [0.1, 0.15) is 34.4 Å². The third kappa shape index (κ3) is 3.03. The van der Waals surface area contributed by atoms with Gasteiger partial charge in [0.1, 0.15) is 6.10 Å². The fraction of sp³-hybridized carbons (Fsp3) is 0.375. The van der Waals surface area contributed by atoms with E-state index in [0.717, 1.165) is 29.1 Å². The van der Waals surface area contributed by atoms with E-state index in [1.807, 2.05) is 51.2 Å².